The Bertz CT molecular complexity index is 800. The van der Waals surface area contributed by atoms with E-state index >= 15 is 0 Å². The molecule has 0 bridgehead atoms. The van der Waals surface area contributed by atoms with Crippen molar-refractivity contribution in [2.75, 3.05) is 12.4 Å². The van der Waals surface area contributed by atoms with E-state index in [0.29, 0.717) is 22.0 Å². The highest BCUT2D eigenvalue weighted by molar-refractivity contribution is 6.32. The molecule has 2 aromatic rings. The van der Waals surface area contributed by atoms with Gasteiger partial charge in [0.1, 0.15) is 11.4 Å². The summed E-state index contributed by atoms with van der Waals surface area (Å²) in [5.74, 6) is -0.193. The fraction of sp³-hybridized carbons (Fsp3) is 0.278. The Kier molecular flexibility index (Phi) is 5.64. The lowest BCUT2D eigenvalue weighted by atomic mass is 10.1. The predicted octanol–water partition coefficient (Wildman–Crippen LogP) is 3.52. The Labute approximate surface area is 151 Å². The lowest BCUT2D eigenvalue weighted by molar-refractivity contribution is 0.0919. The van der Waals surface area contributed by atoms with Crippen LogP contribution < -0.4 is 15.4 Å². The van der Waals surface area contributed by atoms with E-state index in [1.165, 1.54) is 19.4 Å². The Morgan fingerprint density at radius 1 is 1.12 bits per heavy atom. The van der Waals surface area contributed by atoms with Crippen molar-refractivity contribution in [2.45, 2.75) is 26.3 Å². The summed E-state index contributed by atoms with van der Waals surface area (Å²) in [5.41, 5.74) is 0.626. The van der Waals surface area contributed by atoms with Gasteiger partial charge in [-0.1, -0.05) is 11.6 Å². The molecule has 0 aliphatic heterocycles. The van der Waals surface area contributed by atoms with Gasteiger partial charge in [0.2, 0.25) is 0 Å². The number of benzene rings is 1. The van der Waals surface area contributed by atoms with Crippen LogP contribution in [0.5, 0.6) is 5.75 Å². The summed E-state index contributed by atoms with van der Waals surface area (Å²) in [6.45, 7) is 5.65. The summed E-state index contributed by atoms with van der Waals surface area (Å²) >= 11 is 6.04. The minimum atomic E-state index is -0.438. The first-order valence-corrected chi connectivity index (χ1v) is 8.01. The van der Waals surface area contributed by atoms with Crippen molar-refractivity contribution in [3.63, 3.8) is 0 Å². The van der Waals surface area contributed by atoms with E-state index in [0.717, 1.165) is 0 Å². The summed E-state index contributed by atoms with van der Waals surface area (Å²) in [7, 11) is 1.51. The zero-order chi connectivity index (χ0) is 18.6. The van der Waals surface area contributed by atoms with Crippen molar-refractivity contribution in [3.05, 3.63) is 52.8 Å². The number of pyridine rings is 1. The zero-order valence-corrected chi connectivity index (χ0v) is 15.3. The molecule has 6 nitrogen and oxygen atoms in total. The number of rotatable bonds is 4. The van der Waals surface area contributed by atoms with Gasteiger partial charge in [0.25, 0.3) is 11.8 Å². The molecule has 2 N–H and O–H groups in total. The summed E-state index contributed by atoms with van der Waals surface area (Å²) < 4.78 is 5.07. The molecule has 0 saturated heterocycles. The second-order valence-corrected chi connectivity index (χ2v) is 6.84. The topological polar surface area (TPSA) is 80.3 Å². The van der Waals surface area contributed by atoms with Crippen LogP contribution in [0.2, 0.25) is 5.02 Å². The molecule has 7 heteroatoms. The Morgan fingerprint density at radius 2 is 1.84 bits per heavy atom. The number of ether oxygens (including phenoxy) is 1. The molecule has 25 heavy (non-hydrogen) atoms. The number of hydrogen-bond acceptors (Lipinski definition) is 4. The molecule has 0 saturated carbocycles. The first kappa shape index (κ1) is 18.7. The average molecular weight is 362 g/mol. The van der Waals surface area contributed by atoms with Crippen LogP contribution >= 0.6 is 11.6 Å². The third-order valence-electron chi connectivity index (χ3n) is 3.15. The Balaban J connectivity index is 2.16. The minimum absolute atomic E-state index is 0.133. The van der Waals surface area contributed by atoms with Crippen molar-refractivity contribution < 1.29 is 14.3 Å². The molecular formula is C18H20ClN3O3. The van der Waals surface area contributed by atoms with Crippen LogP contribution in [0.1, 0.15) is 41.6 Å². The minimum Gasteiger partial charge on any atom is -0.495 e. The summed E-state index contributed by atoms with van der Waals surface area (Å²) in [5, 5.41) is 5.91. The number of aromatic nitrogens is 1. The first-order chi connectivity index (χ1) is 11.7. The molecule has 1 aromatic heterocycles. The van der Waals surface area contributed by atoms with E-state index in [-0.39, 0.29) is 17.1 Å². The van der Waals surface area contributed by atoms with Gasteiger partial charge in [-0.15, -0.1) is 0 Å². The number of nitrogens with one attached hydrogen (secondary N) is 2. The monoisotopic (exact) mass is 361 g/mol. The largest absolute Gasteiger partial charge is 0.495 e. The summed E-state index contributed by atoms with van der Waals surface area (Å²) in [4.78, 5) is 28.6. The van der Waals surface area contributed by atoms with Gasteiger partial charge < -0.3 is 15.4 Å². The van der Waals surface area contributed by atoms with Gasteiger partial charge in [0.15, 0.2) is 0 Å². The summed E-state index contributed by atoms with van der Waals surface area (Å²) in [6.07, 6.45) is 1.42. The molecule has 1 heterocycles. The highest BCUT2D eigenvalue weighted by atomic mass is 35.5. The number of carbonyl (C=O) groups is 2. The molecule has 1 aromatic carbocycles. The molecule has 0 atom stereocenters. The van der Waals surface area contributed by atoms with Crippen LogP contribution in [0.25, 0.3) is 0 Å². The second kappa shape index (κ2) is 7.53. The van der Waals surface area contributed by atoms with E-state index in [2.05, 4.69) is 15.6 Å². The normalized spacial score (nSPS) is 10.9. The van der Waals surface area contributed by atoms with Crippen molar-refractivity contribution in [2.24, 2.45) is 0 Å². The second-order valence-electron chi connectivity index (χ2n) is 6.44. The third kappa shape index (κ3) is 5.19. The van der Waals surface area contributed by atoms with Crippen LogP contribution in [0.3, 0.4) is 0 Å². The maximum absolute atomic E-state index is 12.4. The molecule has 2 amide bonds. The molecule has 0 radical (unpaired) electrons. The van der Waals surface area contributed by atoms with E-state index in [4.69, 9.17) is 16.3 Å². The van der Waals surface area contributed by atoms with Crippen LogP contribution in [0.15, 0.2) is 36.5 Å². The molecule has 0 aliphatic carbocycles. The van der Waals surface area contributed by atoms with Gasteiger partial charge in [-0.25, -0.2) is 0 Å². The van der Waals surface area contributed by atoms with Crippen LogP contribution in [0, 0.1) is 0 Å². The van der Waals surface area contributed by atoms with Gasteiger partial charge in [0, 0.05) is 23.0 Å². The quantitative estimate of drug-likeness (QED) is 0.873. The molecule has 0 fully saturated rings. The average Bonchev–Trinajstić information content (AvgIpc) is 2.53. The van der Waals surface area contributed by atoms with Gasteiger partial charge >= 0.3 is 0 Å². The number of anilines is 1. The highest BCUT2D eigenvalue weighted by Crippen LogP contribution is 2.27. The van der Waals surface area contributed by atoms with Crippen molar-refractivity contribution in [3.8, 4) is 5.75 Å². The number of nitrogens with zero attached hydrogens (tertiary/aromatic N) is 1. The standard InChI is InChI=1S/C18H20ClN3O3/c1-18(2,3)22-16(23)11-7-8-20-14(9-11)17(24)21-12-5-6-15(25-4)13(19)10-12/h5-10H,1-4H3,(H,21,24)(H,22,23). The maximum atomic E-state index is 12.4. The smallest absolute Gasteiger partial charge is 0.274 e. The van der Waals surface area contributed by atoms with Crippen LogP contribution in [-0.2, 0) is 0 Å². The fourth-order valence-corrected chi connectivity index (χ4v) is 2.31. The lowest BCUT2D eigenvalue weighted by Gasteiger charge is -2.20. The Morgan fingerprint density at radius 3 is 2.44 bits per heavy atom. The SMILES string of the molecule is COc1ccc(NC(=O)c2cc(C(=O)NC(C)(C)C)ccn2)cc1Cl. The number of halogens is 1. The molecule has 0 unspecified atom stereocenters. The predicted molar refractivity (Wildman–Crippen MR) is 97.4 cm³/mol. The van der Waals surface area contributed by atoms with E-state index < -0.39 is 5.91 Å². The molecular weight excluding hydrogens is 342 g/mol. The number of methoxy groups -OCH3 is 1. The highest BCUT2D eigenvalue weighted by Gasteiger charge is 2.17. The number of carbonyl (C=O) groups excluding carboxylic acids is 2. The zero-order valence-electron chi connectivity index (χ0n) is 14.5. The van der Waals surface area contributed by atoms with Crippen molar-refractivity contribution in [1.82, 2.24) is 10.3 Å². The lowest BCUT2D eigenvalue weighted by Crippen LogP contribution is -2.40. The number of amides is 2. The van der Waals surface area contributed by atoms with Gasteiger partial charge in [-0.05, 0) is 51.1 Å². The van der Waals surface area contributed by atoms with Gasteiger partial charge in [-0.3, -0.25) is 14.6 Å². The molecule has 132 valence electrons. The van der Waals surface area contributed by atoms with Crippen molar-refractivity contribution >= 4 is 29.1 Å². The fourth-order valence-electron chi connectivity index (χ4n) is 2.05. The maximum Gasteiger partial charge on any atom is 0.274 e. The third-order valence-corrected chi connectivity index (χ3v) is 3.45. The van der Waals surface area contributed by atoms with Gasteiger partial charge in [0.05, 0.1) is 12.1 Å². The first-order valence-electron chi connectivity index (χ1n) is 7.63. The molecule has 0 spiro atoms. The molecule has 2 rings (SSSR count). The van der Waals surface area contributed by atoms with Gasteiger partial charge in [-0.2, -0.15) is 0 Å². The number of hydrogen-bond donors (Lipinski definition) is 2. The van der Waals surface area contributed by atoms with Crippen molar-refractivity contribution in [1.29, 1.82) is 0 Å². The van der Waals surface area contributed by atoms with Crippen LogP contribution in [-0.4, -0.2) is 29.4 Å². The van der Waals surface area contributed by atoms with E-state index in [1.54, 1.807) is 24.3 Å². The molecule has 0 aliphatic rings. The Hall–Kier alpha value is -2.60. The van der Waals surface area contributed by atoms with Crippen LogP contribution in [0.4, 0.5) is 5.69 Å². The summed E-state index contributed by atoms with van der Waals surface area (Å²) in [6, 6.07) is 7.90. The van der Waals surface area contributed by atoms with E-state index in [9.17, 15) is 9.59 Å². The van der Waals surface area contributed by atoms with E-state index in [1.807, 2.05) is 20.8 Å².